The molecule has 1 aromatic heterocycles. The van der Waals surface area contributed by atoms with Crippen molar-refractivity contribution in [2.24, 2.45) is 0 Å². The molecule has 0 radical (unpaired) electrons. The maximum absolute atomic E-state index is 11.5. The molecule has 0 aliphatic heterocycles. The molecule has 0 aliphatic carbocycles. The predicted octanol–water partition coefficient (Wildman–Crippen LogP) is 3.78. The minimum atomic E-state index is -3.82. The second kappa shape index (κ2) is 5.56. The van der Waals surface area contributed by atoms with Crippen LogP contribution in [-0.4, -0.2) is 18.2 Å². The van der Waals surface area contributed by atoms with E-state index in [1.54, 1.807) is 36.7 Å². The average molecular weight is 354 g/mol. The Bertz CT molecular complexity index is 769. The lowest BCUT2D eigenvalue weighted by Crippen LogP contribution is -2.05. The van der Waals surface area contributed by atoms with Gasteiger partial charge in [0.2, 0.25) is 0 Å². The van der Waals surface area contributed by atoms with Gasteiger partial charge in [0.1, 0.15) is 4.90 Å². The summed E-state index contributed by atoms with van der Waals surface area (Å²) >= 11 is 12.1. The molecular weight excluding hydrogens is 343 g/mol. The van der Waals surface area contributed by atoms with Gasteiger partial charge in [-0.15, -0.1) is 0 Å². The van der Waals surface area contributed by atoms with Crippen LogP contribution in [0.3, 0.4) is 0 Å². The van der Waals surface area contributed by atoms with E-state index in [0.29, 0.717) is 28.0 Å². The Hall–Kier alpha value is -0.750. The highest BCUT2D eigenvalue weighted by atomic mass is 35.7. The van der Waals surface area contributed by atoms with Crippen LogP contribution in [0.15, 0.2) is 23.1 Å². The van der Waals surface area contributed by atoms with Crippen molar-refractivity contribution in [3.63, 3.8) is 0 Å². The Morgan fingerprint density at radius 1 is 1.25 bits per heavy atom. The third kappa shape index (κ3) is 2.96. The molecule has 0 saturated carbocycles. The minimum absolute atomic E-state index is 0.0392. The fourth-order valence-electron chi connectivity index (χ4n) is 2.02. The molecule has 0 unspecified atom stereocenters. The highest BCUT2D eigenvalue weighted by molar-refractivity contribution is 8.13. The lowest BCUT2D eigenvalue weighted by molar-refractivity contribution is 0.607. The first kappa shape index (κ1) is 15.6. The third-order valence-corrected chi connectivity index (χ3v) is 5.31. The van der Waals surface area contributed by atoms with Gasteiger partial charge in [0, 0.05) is 10.7 Å². The number of nitrogens with zero attached hydrogens (tertiary/aromatic N) is 2. The van der Waals surface area contributed by atoms with Crippen molar-refractivity contribution >= 4 is 42.9 Å². The largest absolute Gasteiger partial charge is 0.264 e. The summed E-state index contributed by atoms with van der Waals surface area (Å²) in [5, 5.41) is 5.06. The highest BCUT2D eigenvalue weighted by Gasteiger charge is 2.22. The molecule has 1 heterocycles. The topological polar surface area (TPSA) is 52.0 Å². The van der Waals surface area contributed by atoms with Crippen LogP contribution in [0.4, 0.5) is 0 Å². The summed E-state index contributed by atoms with van der Waals surface area (Å²) in [7, 11) is 1.59. The van der Waals surface area contributed by atoms with Crippen molar-refractivity contribution in [1.29, 1.82) is 0 Å². The van der Waals surface area contributed by atoms with Gasteiger partial charge in [0.15, 0.2) is 0 Å². The standard InChI is InChI=1S/C12H11Cl3N2O2S/c1-7-12(20(15,18)19)8(2)17(16-7)6-9-4-3-5-10(13)11(9)14/h3-5H,6H2,1-2H3. The average Bonchev–Trinajstić information content (AvgIpc) is 2.59. The van der Waals surface area contributed by atoms with E-state index >= 15 is 0 Å². The predicted molar refractivity (Wildman–Crippen MR) is 80.3 cm³/mol. The maximum atomic E-state index is 11.5. The molecule has 0 spiro atoms. The van der Waals surface area contributed by atoms with Crippen molar-refractivity contribution in [3.8, 4) is 0 Å². The monoisotopic (exact) mass is 352 g/mol. The number of halogens is 3. The fourth-order valence-corrected chi connectivity index (χ4v) is 3.92. The van der Waals surface area contributed by atoms with Gasteiger partial charge in [-0.1, -0.05) is 35.3 Å². The molecule has 2 rings (SSSR count). The highest BCUT2D eigenvalue weighted by Crippen LogP contribution is 2.28. The van der Waals surface area contributed by atoms with Crippen LogP contribution in [0.5, 0.6) is 0 Å². The summed E-state index contributed by atoms with van der Waals surface area (Å²) in [4.78, 5) is 0.0392. The van der Waals surface area contributed by atoms with Gasteiger partial charge in [-0.25, -0.2) is 8.42 Å². The molecule has 0 bridgehead atoms. The number of benzene rings is 1. The van der Waals surface area contributed by atoms with Gasteiger partial charge in [0.05, 0.1) is 28.0 Å². The summed E-state index contributed by atoms with van der Waals surface area (Å²) in [6.45, 7) is 3.56. The van der Waals surface area contributed by atoms with Gasteiger partial charge < -0.3 is 0 Å². The van der Waals surface area contributed by atoms with Crippen molar-refractivity contribution in [3.05, 3.63) is 45.2 Å². The molecule has 20 heavy (non-hydrogen) atoms. The van der Waals surface area contributed by atoms with E-state index in [9.17, 15) is 8.42 Å². The molecule has 1 aromatic carbocycles. The number of aromatic nitrogens is 2. The van der Waals surface area contributed by atoms with Gasteiger partial charge in [-0.2, -0.15) is 5.10 Å². The first-order valence-electron chi connectivity index (χ1n) is 5.63. The summed E-state index contributed by atoms with van der Waals surface area (Å²) in [6, 6.07) is 5.26. The molecule has 8 heteroatoms. The van der Waals surface area contributed by atoms with Crippen LogP contribution >= 0.6 is 33.9 Å². The summed E-state index contributed by atoms with van der Waals surface area (Å²) in [6.07, 6.45) is 0. The minimum Gasteiger partial charge on any atom is -0.264 e. The Morgan fingerprint density at radius 2 is 1.90 bits per heavy atom. The lowest BCUT2D eigenvalue weighted by atomic mass is 10.2. The van der Waals surface area contributed by atoms with Crippen molar-refractivity contribution in [1.82, 2.24) is 9.78 Å². The van der Waals surface area contributed by atoms with E-state index in [1.807, 2.05) is 0 Å². The zero-order valence-electron chi connectivity index (χ0n) is 10.7. The molecule has 0 aliphatic rings. The number of hydrogen-bond donors (Lipinski definition) is 0. The van der Waals surface area contributed by atoms with E-state index < -0.39 is 9.05 Å². The van der Waals surface area contributed by atoms with E-state index in [0.717, 1.165) is 5.56 Å². The molecule has 0 saturated heterocycles. The van der Waals surface area contributed by atoms with Gasteiger partial charge in [0.25, 0.3) is 9.05 Å². The van der Waals surface area contributed by atoms with Crippen LogP contribution < -0.4 is 0 Å². The number of aryl methyl sites for hydroxylation is 1. The molecule has 2 aromatic rings. The first-order valence-corrected chi connectivity index (χ1v) is 8.70. The van der Waals surface area contributed by atoms with Crippen molar-refractivity contribution in [2.75, 3.05) is 0 Å². The summed E-state index contributed by atoms with van der Waals surface area (Å²) in [5.74, 6) is 0. The summed E-state index contributed by atoms with van der Waals surface area (Å²) in [5.41, 5.74) is 1.58. The molecule has 108 valence electrons. The van der Waals surface area contributed by atoms with Gasteiger partial charge >= 0.3 is 0 Å². The smallest absolute Gasteiger partial charge is 0.264 e. The Labute approximate surface area is 131 Å². The van der Waals surface area contributed by atoms with Crippen LogP contribution in [-0.2, 0) is 15.6 Å². The van der Waals surface area contributed by atoms with Crippen LogP contribution in [0, 0.1) is 13.8 Å². The molecule has 0 fully saturated rings. The molecule has 4 nitrogen and oxygen atoms in total. The van der Waals surface area contributed by atoms with Gasteiger partial charge in [-0.05, 0) is 25.5 Å². The maximum Gasteiger partial charge on any atom is 0.264 e. The number of hydrogen-bond acceptors (Lipinski definition) is 3. The molecule has 0 atom stereocenters. The van der Waals surface area contributed by atoms with E-state index in [1.165, 1.54) is 0 Å². The molecular formula is C12H11Cl3N2O2S. The van der Waals surface area contributed by atoms with E-state index in [4.69, 9.17) is 33.9 Å². The fraction of sp³-hybridized carbons (Fsp3) is 0.250. The van der Waals surface area contributed by atoms with E-state index in [2.05, 4.69) is 5.10 Å². The van der Waals surface area contributed by atoms with E-state index in [-0.39, 0.29) is 4.90 Å². The van der Waals surface area contributed by atoms with Crippen LogP contribution in [0.1, 0.15) is 17.0 Å². The lowest BCUT2D eigenvalue weighted by Gasteiger charge is -2.08. The Kier molecular flexibility index (Phi) is 4.35. The Balaban J connectivity index is 2.49. The second-order valence-corrected chi connectivity index (χ2v) is 7.60. The van der Waals surface area contributed by atoms with Crippen molar-refractivity contribution in [2.45, 2.75) is 25.3 Å². The van der Waals surface area contributed by atoms with Crippen LogP contribution in [0.2, 0.25) is 10.0 Å². The third-order valence-electron chi connectivity index (χ3n) is 2.91. The molecule has 0 N–H and O–H groups in total. The zero-order chi connectivity index (χ0) is 15.1. The number of rotatable bonds is 3. The summed E-state index contributed by atoms with van der Waals surface area (Å²) < 4.78 is 24.6. The SMILES string of the molecule is Cc1nn(Cc2cccc(Cl)c2Cl)c(C)c1S(=O)(=O)Cl. The second-order valence-electron chi connectivity index (χ2n) is 4.31. The Morgan fingerprint density at radius 3 is 2.45 bits per heavy atom. The first-order chi connectivity index (χ1) is 9.21. The van der Waals surface area contributed by atoms with Crippen LogP contribution in [0.25, 0.3) is 0 Å². The van der Waals surface area contributed by atoms with Crippen molar-refractivity contribution < 1.29 is 8.42 Å². The quantitative estimate of drug-likeness (QED) is 0.789. The zero-order valence-corrected chi connectivity index (χ0v) is 13.8. The molecule has 0 amide bonds. The van der Waals surface area contributed by atoms with Gasteiger partial charge in [-0.3, -0.25) is 4.68 Å². The normalized spacial score (nSPS) is 11.8.